The quantitative estimate of drug-likeness (QED) is 0.580. The average Bonchev–Trinajstić information content (AvgIpc) is 3.33. The highest BCUT2D eigenvalue weighted by molar-refractivity contribution is 7.97. The molecule has 0 bridgehead atoms. The highest BCUT2D eigenvalue weighted by Gasteiger charge is 2.41. The van der Waals surface area contributed by atoms with Gasteiger partial charge >= 0.3 is 6.09 Å². The standard InChI is InChI=1S/C25H40N6O3S/c1-20(2)27-13-16-30(24(33)34-25(3,4)5)22(17-27)23(32)26-11-14-29(15-12-26)31-18-28(19-35-31)21-9-7-6-8-10-21/h6-10,20,22H,11-19H2,1-5H3/t22-/m1/s1. The van der Waals surface area contributed by atoms with Crippen molar-refractivity contribution in [3.63, 3.8) is 0 Å². The van der Waals surface area contributed by atoms with Crippen LogP contribution in [0.5, 0.6) is 0 Å². The number of amides is 2. The van der Waals surface area contributed by atoms with E-state index >= 15 is 0 Å². The first-order valence-corrected chi connectivity index (χ1v) is 13.5. The number of hydrazine groups is 1. The van der Waals surface area contributed by atoms with Gasteiger partial charge in [-0.2, -0.15) is 4.41 Å². The Morgan fingerprint density at radius 1 is 1.00 bits per heavy atom. The van der Waals surface area contributed by atoms with Gasteiger partial charge in [-0.05, 0) is 58.7 Å². The number of para-hydroxylation sites is 1. The highest BCUT2D eigenvalue weighted by Crippen LogP contribution is 2.29. The summed E-state index contributed by atoms with van der Waals surface area (Å²) in [7, 11) is 0. The molecule has 3 aliphatic heterocycles. The van der Waals surface area contributed by atoms with E-state index in [9.17, 15) is 9.59 Å². The summed E-state index contributed by atoms with van der Waals surface area (Å²) in [5, 5.41) is 2.34. The number of ether oxygens (including phenoxy) is 1. The number of hydrogen-bond donors (Lipinski definition) is 0. The zero-order valence-corrected chi connectivity index (χ0v) is 22.5. The molecule has 1 aromatic rings. The molecule has 1 atom stereocenters. The number of piperazine rings is 2. The number of hydrogen-bond acceptors (Lipinski definition) is 8. The molecular formula is C25H40N6O3S. The summed E-state index contributed by atoms with van der Waals surface area (Å²) in [6, 6.07) is 10.3. The van der Waals surface area contributed by atoms with Gasteiger partial charge in [0.15, 0.2) is 0 Å². The molecule has 9 nitrogen and oxygen atoms in total. The molecule has 0 aromatic heterocycles. The minimum atomic E-state index is -0.591. The van der Waals surface area contributed by atoms with Crippen molar-refractivity contribution in [2.45, 2.75) is 52.3 Å². The van der Waals surface area contributed by atoms with Crippen molar-refractivity contribution in [3.05, 3.63) is 30.3 Å². The largest absolute Gasteiger partial charge is 0.444 e. The maximum atomic E-state index is 13.7. The van der Waals surface area contributed by atoms with E-state index in [1.165, 1.54) is 5.69 Å². The van der Waals surface area contributed by atoms with Crippen molar-refractivity contribution in [1.29, 1.82) is 0 Å². The number of carbonyl (C=O) groups excluding carboxylic acids is 2. The fourth-order valence-corrected chi connectivity index (χ4v) is 5.75. The lowest BCUT2D eigenvalue weighted by Gasteiger charge is -2.45. The van der Waals surface area contributed by atoms with Gasteiger partial charge in [0.1, 0.15) is 11.6 Å². The molecule has 10 heteroatoms. The molecule has 0 spiro atoms. The second-order valence-electron chi connectivity index (χ2n) is 10.7. The minimum absolute atomic E-state index is 0.0286. The first-order valence-electron chi connectivity index (χ1n) is 12.6. The molecule has 0 N–H and O–H groups in total. The Morgan fingerprint density at radius 2 is 1.69 bits per heavy atom. The lowest BCUT2D eigenvalue weighted by atomic mass is 10.1. The van der Waals surface area contributed by atoms with Gasteiger partial charge in [-0.1, -0.05) is 18.2 Å². The van der Waals surface area contributed by atoms with Crippen LogP contribution in [0.15, 0.2) is 30.3 Å². The smallest absolute Gasteiger partial charge is 0.411 e. The van der Waals surface area contributed by atoms with Crippen LogP contribution in [0.4, 0.5) is 10.5 Å². The number of rotatable bonds is 4. The van der Waals surface area contributed by atoms with Gasteiger partial charge in [0.05, 0.1) is 12.5 Å². The van der Waals surface area contributed by atoms with Crippen LogP contribution in [0, 0.1) is 0 Å². The summed E-state index contributed by atoms with van der Waals surface area (Å²) in [5.41, 5.74) is 0.637. The molecule has 0 aliphatic carbocycles. The maximum Gasteiger partial charge on any atom is 0.411 e. The number of benzene rings is 1. The van der Waals surface area contributed by atoms with Crippen molar-refractivity contribution in [3.8, 4) is 0 Å². The Kier molecular flexibility index (Phi) is 8.15. The molecule has 35 heavy (non-hydrogen) atoms. The normalized spacial score (nSPS) is 23.3. The van der Waals surface area contributed by atoms with Gasteiger partial charge in [-0.3, -0.25) is 14.6 Å². The van der Waals surface area contributed by atoms with Gasteiger partial charge < -0.3 is 14.5 Å². The zero-order chi connectivity index (χ0) is 25.2. The summed E-state index contributed by atoms with van der Waals surface area (Å²) >= 11 is 1.81. The number of carbonyl (C=O) groups is 2. The topological polar surface area (TPSA) is 62.8 Å². The molecule has 3 fully saturated rings. The summed E-state index contributed by atoms with van der Waals surface area (Å²) in [4.78, 5) is 34.8. The van der Waals surface area contributed by atoms with E-state index in [0.29, 0.717) is 32.2 Å². The van der Waals surface area contributed by atoms with Crippen LogP contribution < -0.4 is 4.90 Å². The summed E-state index contributed by atoms with van der Waals surface area (Å²) < 4.78 is 7.96. The summed E-state index contributed by atoms with van der Waals surface area (Å²) in [6.45, 7) is 15.4. The third-order valence-corrected chi connectivity index (χ3v) is 7.79. The molecule has 0 unspecified atom stereocenters. The Morgan fingerprint density at radius 3 is 2.31 bits per heavy atom. The molecule has 4 rings (SSSR count). The lowest BCUT2D eigenvalue weighted by Crippen LogP contribution is -2.64. The Bertz CT molecular complexity index is 872. The summed E-state index contributed by atoms with van der Waals surface area (Å²) in [5.74, 6) is 0.946. The van der Waals surface area contributed by atoms with Crippen molar-refractivity contribution in [2.75, 3.05) is 63.3 Å². The van der Waals surface area contributed by atoms with Crippen molar-refractivity contribution in [2.24, 2.45) is 0 Å². The van der Waals surface area contributed by atoms with Gasteiger partial charge in [-0.15, -0.1) is 0 Å². The van der Waals surface area contributed by atoms with E-state index in [4.69, 9.17) is 4.74 Å². The van der Waals surface area contributed by atoms with Gasteiger partial charge in [0.2, 0.25) is 5.91 Å². The van der Waals surface area contributed by atoms with Crippen molar-refractivity contribution < 1.29 is 14.3 Å². The van der Waals surface area contributed by atoms with Crippen LogP contribution >= 0.6 is 11.9 Å². The zero-order valence-electron chi connectivity index (χ0n) is 21.7. The van der Waals surface area contributed by atoms with E-state index in [2.05, 4.69) is 57.3 Å². The summed E-state index contributed by atoms with van der Waals surface area (Å²) in [6.07, 6.45) is -0.396. The monoisotopic (exact) mass is 504 g/mol. The van der Waals surface area contributed by atoms with E-state index in [0.717, 1.165) is 32.2 Å². The predicted molar refractivity (Wildman–Crippen MR) is 140 cm³/mol. The van der Waals surface area contributed by atoms with E-state index in [1.54, 1.807) is 4.90 Å². The van der Waals surface area contributed by atoms with Gasteiger partial charge in [0.25, 0.3) is 0 Å². The van der Waals surface area contributed by atoms with Gasteiger partial charge in [0, 0.05) is 57.5 Å². The molecule has 1 aromatic carbocycles. The highest BCUT2D eigenvalue weighted by atomic mass is 32.2. The second-order valence-corrected chi connectivity index (χ2v) is 11.6. The van der Waals surface area contributed by atoms with Crippen LogP contribution in [0.3, 0.4) is 0 Å². The van der Waals surface area contributed by atoms with Crippen LogP contribution in [0.25, 0.3) is 0 Å². The number of anilines is 1. The molecule has 3 heterocycles. The third-order valence-electron chi connectivity index (χ3n) is 6.71. The van der Waals surface area contributed by atoms with Crippen molar-refractivity contribution >= 4 is 29.6 Å². The van der Waals surface area contributed by atoms with Crippen LogP contribution in [-0.4, -0.2) is 112 Å². The average molecular weight is 505 g/mol. The van der Waals surface area contributed by atoms with E-state index in [-0.39, 0.29) is 5.91 Å². The molecule has 3 saturated heterocycles. The Labute approximate surface area is 214 Å². The van der Waals surface area contributed by atoms with E-state index in [1.807, 2.05) is 43.7 Å². The number of nitrogens with zero attached hydrogens (tertiary/aromatic N) is 6. The fraction of sp³-hybridized carbons (Fsp3) is 0.680. The Hall–Kier alpha value is -2.01. The fourth-order valence-electron chi connectivity index (χ4n) is 4.70. The SMILES string of the molecule is CC(C)N1CCN(C(=O)OC(C)(C)C)[C@@H](C(=O)N2CCN(N3CN(c4ccccc4)CS3)CC2)C1. The van der Waals surface area contributed by atoms with E-state index < -0.39 is 17.7 Å². The third kappa shape index (κ3) is 6.41. The van der Waals surface area contributed by atoms with Crippen LogP contribution in [0.1, 0.15) is 34.6 Å². The minimum Gasteiger partial charge on any atom is -0.444 e. The van der Waals surface area contributed by atoms with Crippen LogP contribution in [0.2, 0.25) is 0 Å². The predicted octanol–water partition coefficient (Wildman–Crippen LogP) is 2.76. The molecule has 0 radical (unpaired) electrons. The first kappa shape index (κ1) is 26.1. The second kappa shape index (κ2) is 10.9. The lowest BCUT2D eigenvalue weighted by molar-refractivity contribution is -0.143. The van der Waals surface area contributed by atoms with Crippen molar-refractivity contribution in [1.82, 2.24) is 24.1 Å². The molecule has 194 valence electrons. The van der Waals surface area contributed by atoms with Crippen LogP contribution in [-0.2, 0) is 9.53 Å². The van der Waals surface area contributed by atoms with Gasteiger partial charge in [-0.25, -0.2) is 9.80 Å². The first-order chi connectivity index (χ1) is 16.6. The maximum absolute atomic E-state index is 13.7. The molecule has 2 amide bonds. The molecular weight excluding hydrogens is 464 g/mol. The Balaban J connectivity index is 1.36. The molecule has 3 aliphatic rings. The molecule has 0 saturated carbocycles.